The fraction of sp³-hybridized carbons (Fsp3) is 0.0500. The van der Waals surface area contributed by atoms with Crippen LogP contribution in [-0.4, -0.2) is 17.1 Å². The van der Waals surface area contributed by atoms with Crippen molar-refractivity contribution in [1.29, 1.82) is 5.26 Å². The Morgan fingerprint density at radius 3 is 1.98 bits per heavy atom. The van der Waals surface area contributed by atoms with Gasteiger partial charge in [-0.3, -0.25) is 0 Å². The van der Waals surface area contributed by atoms with Crippen molar-refractivity contribution in [2.45, 2.75) is 10.3 Å². The van der Waals surface area contributed by atoms with Gasteiger partial charge in [0, 0.05) is 43.5 Å². The van der Waals surface area contributed by atoms with E-state index in [0.29, 0.717) is 11.1 Å². The SMILES string of the molecule is C[S+](C)c1ccc(N(c2cc3c(c4ccccc24)-c2c(ccc4ccccc24)C32c3ccccc3-n3c4ccccc4c4cccc2c43)c2cccc3c2oc2c(C#N)cccc23)cc1. The number of aromatic nitrogens is 1. The van der Waals surface area contributed by atoms with Gasteiger partial charge in [-0.25, -0.2) is 0 Å². The number of hydrogen-bond acceptors (Lipinski definition) is 3. The number of hydrogen-bond donors (Lipinski definition) is 0. The van der Waals surface area contributed by atoms with Gasteiger partial charge in [-0.1, -0.05) is 140 Å². The maximum atomic E-state index is 10.2. The highest BCUT2D eigenvalue weighted by Gasteiger charge is 2.52. The van der Waals surface area contributed by atoms with Crippen LogP contribution >= 0.6 is 0 Å². The van der Waals surface area contributed by atoms with Crippen LogP contribution in [-0.2, 0) is 16.3 Å². The minimum Gasteiger partial charge on any atom is -0.452 e. The summed E-state index contributed by atoms with van der Waals surface area (Å²) in [6, 6.07) is 73.8. The first-order chi connectivity index (χ1) is 32.1. The topological polar surface area (TPSA) is 45.1 Å². The van der Waals surface area contributed by atoms with Crippen molar-refractivity contribution >= 4 is 93.2 Å². The van der Waals surface area contributed by atoms with E-state index in [1.54, 1.807) is 0 Å². The van der Waals surface area contributed by atoms with Crippen molar-refractivity contribution in [3.8, 4) is 22.9 Å². The normalized spacial score (nSPS) is 14.8. The molecule has 1 aliphatic carbocycles. The molecule has 1 atom stereocenters. The van der Waals surface area contributed by atoms with Gasteiger partial charge >= 0.3 is 0 Å². The molecule has 0 saturated carbocycles. The van der Waals surface area contributed by atoms with E-state index in [-0.39, 0.29) is 10.9 Å². The second-order valence-corrected chi connectivity index (χ2v) is 19.7. The van der Waals surface area contributed by atoms with Crippen molar-refractivity contribution in [2.24, 2.45) is 0 Å². The zero-order valence-electron chi connectivity index (χ0n) is 35.6. The lowest BCUT2D eigenvalue weighted by atomic mass is 9.65. The van der Waals surface area contributed by atoms with Crippen LogP contribution in [0.25, 0.3) is 82.1 Å². The highest BCUT2D eigenvalue weighted by Crippen LogP contribution is 2.64. The van der Waals surface area contributed by atoms with Crippen molar-refractivity contribution in [1.82, 2.24) is 4.57 Å². The number of nitrogens with zero attached hydrogens (tertiary/aromatic N) is 3. The van der Waals surface area contributed by atoms with E-state index in [4.69, 9.17) is 4.42 Å². The molecule has 0 N–H and O–H groups in total. The Kier molecular flexibility index (Phi) is 7.43. The Bertz CT molecular complexity index is 4070. The third-order valence-corrected chi connectivity index (χ3v) is 15.5. The average Bonchev–Trinajstić information content (AvgIpc) is 4.01. The Morgan fingerprint density at radius 2 is 1.15 bits per heavy atom. The van der Waals surface area contributed by atoms with E-state index in [1.165, 1.54) is 81.9 Å². The van der Waals surface area contributed by atoms with E-state index in [2.05, 4.69) is 210 Å². The van der Waals surface area contributed by atoms with Gasteiger partial charge in [0.05, 0.1) is 39.1 Å². The Labute approximate surface area is 378 Å². The maximum absolute atomic E-state index is 10.2. The van der Waals surface area contributed by atoms with Gasteiger partial charge in [0.25, 0.3) is 0 Å². The molecular formula is C60H38N3OS+. The molecule has 0 amide bonds. The van der Waals surface area contributed by atoms with Crippen LogP contribution in [0.2, 0.25) is 0 Å². The van der Waals surface area contributed by atoms with Crippen molar-refractivity contribution in [3.63, 3.8) is 0 Å². The first-order valence-corrected chi connectivity index (χ1v) is 24.1. The zero-order chi connectivity index (χ0) is 43.1. The Morgan fingerprint density at radius 1 is 0.508 bits per heavy atom. The molecular weight excluding hydrogens is 811 g/mol. The number of nitriles is 1. The van der Waals surface area contributed by atoms with Crippen LogP contribution in [0.15, 0.2) is 203 Å². The summed E-state index contributed by atoms with van der Waals surface area (Å²) in [5, 5.41) is 19.5. The number of anilines is 3. The molecule has 2 aromatic heterocycles. The van der Waals surface area contributed by atoms with E-state index >= 15 is 0 Å². The van der Waals surface area contributed by atoms with Gasteiger partial charge in [-0.15, -0.1) is 0 Å². The van der Waals surface area contributed by atoms with E-state index in [9.17, 15) is 5.26 Å². The fourth-order valence-electron chi connectivity index (χ4n) is 11.7. The van der Waals surface area contributed by atoms with Crippen LogP contribution in [0.5, 0.6) is 0 Å². The van der Waals surface area contributed by atoms with E-state index < -0.39 is 5.41 Å². The minimum absolute atomic E-state index is 0.0814. The smallest absolute Gasteiger partial charge is 0.159 e. The highest BCUT2D eigenvalue weighted by atomic mass is 32.2. The first kappa shape index (κ1) is 36.4. The molecule has 10 aromatic carbocycles. The summed E-state index contributed by atoms with van der Waals surface area (Å²) >= 11 is 0. The predicted molar refractivity (Wildman–Crippen MR) is 271 cm³/mol. The molecule has 0 saturated heterocycles. The highest BCUT2D eigenvalue weighted by molar-refractivity contribution is 7.95. The molecule has 4 nitrogen and oxygen atoms in total. The number of rotatable bonds is 4. The molecule has 0 radical (unpaired) electrons. The van der Waals surface area contributed by atoms with E-state index in [0.717, 1.165) is 38.8 Å². The molecule has 3 heterocycles. The van der Waals surface area contributed by atoms with E-state index in [1.807, 2.05) is 12.1 Å². The maximum Gasteiger partial charge on any atom is 0.159 e. The van der Waals surface area contributed by atoms with Crippen LogP contribution in [0.4, 0.5) is 17.1 Å². The van der Waals surface area contributed by atoms with Gasteiger partial charge in [-0.05, 0) is 104 Å². The van der Waals surface area contributed by atoms with Crippen LogP contribution in [0.1, 0.15) is 27.8 Å². The van der Waals surface area contributed by atoms with Gasteiger partial charge < -0.3 is 13.9 Å². The second kappa shape index (κ2) is 13.2. The summed E-state index contributed by atoms with van der Waals surface area (Å²) in [4.78, 5) is 3.71. The monoisotopic (exact) mass is 848 g/mol. The predicted octanol–water partition coefficient (Wildman–Crippen LogP) is 15.2. The lowest BCUT2D eigenvalue weighted by Crippen LogP contribution is -2.33. The van der Waals surface area contributed by atoms with Crippen molar-refractivity contribution in [2.75, 3.05) is 17.4 Å². The Balaban J connectivity index is 1.18. The molecule has 1 spiro atoms. The van der Waals surface area contributed by atoms with Crippen molar-refractivity contribution in [3.05, 3.63) is 222 Å². The molecule has 1 aliphatic heterocycles. The molecule has 5 heteroatoms. The summed E-state index contributed by atoms with van der Waals surface area (Å²) in [5.74, 6) is 0. The summed E-state index contributed by atoms with van der Waals surface area (Å²) in [5.41, 5.74) is 15.5. The summed E-state index contributed by atoms with van der Waals surface area (Å²) in [6.07, 6.45) is 4.54. The largest absolute Gasteiger partial charge is 0.452 e. The van der Waals surface area contributed by atoms with Crippen molar-refractivity contribution < 1.29 is 4.42 Å². The number of para-hydroxylation sites is 5. The standard InChI is InChI=1S/C60H38N3OS/c1-65(2)39-31-29-38(30-32-39)62(53-27-13-22-46-45-21-11-15-37(35-61)58(45)64-59(46)53)54-34-50-56(43-19-6-5-17-41(43)54)55-40-16-4-3-14-36(40)28-33-48(55)60(50)47-23-8-10-26-52(47)63-51-25-9-7-18-42(51)44-20-12-24-49(60)57(44)63/h3-34H,1-2H3/q+1. The van der Waals surface area contributed by atoms with Gasteiger partial charge in [-0.2, -0.15) is 5.26 Å². The summed E-state index contributed by atoms with van der Waals surface area (Å²) < 4.78 is 9.41. The fourth-order valence-corrected chi connectivity index (χ4v) is 12.4. The number of fused-ring (bicyclic) bond motifs is 19. The molecule has 304 valence electrons. The van der Waals surface area contributed by atoms with Crippen LogP contribution in [0, 0.1) is 11.3 Å². The lowest BCUT2D eigenvalue weighted by molar-refractivity contribution is 0.668. The zero-order valence-corrected chi connectivity index (χ0v) is 36.4. The molecule has 12 aromatic rings. The van der Waals surface area contributed by atoms with Crippen LogP contribution < -0.4 is 4.90 Å². The van der Waals surface area contributed by atoms with Gasteiger partial charge in [0.2, 0.25) is 0 Å². The molecule has 14 rings (SSSR count). The second-order valence-electron chi connectivity index (χ2n) is 17.6. The first-order valence-electron chi connectivity index (χ1n) is 22.1. The summed E-state index contributed by atoms with van der Waals surface area (Å²) in [6.45, 7) is 0. The van der Waals surface area contributed by atoms with Gasteiger partial charge in [0.1, 0.15) is 18.6 Å². The van der Waals surface area contributed by atoms with Gasteiger partial charge in [0.15, 0.2) is 16.1 Å². The quantitative estimate of drug-likeness (QED) is 0.166. The minimum atomic E-state index is -0.685. The van der Waals surface area contributed by atoms with Crippen LogP contribution in [0.3, 0.4) is 0 Å². The average molecular weight is 849 g/mol. The number of benzene rings is 10. The summed E-state index contributed by atoms with van der Waals surface area (Å²) in [7, 11) is 0.0814. The molecule has 0 bridgehead atoms. The third-order valence-electron chi connectivity index (χ3n) is 14.3. The molecule has 0 fully saturated rings. The molecule has 1 unspecified atom stereocenters. The lowest BCUT2D eigenvalue weighted by Gasteiger charge is -2.40. The number of furan rings is 1. The Hall–Kier alpha value is -8.04. The molecule has 65 heavy (non-hydrogen) atoms. The third kappa shape index (κ3) is 4.66. The molecule has 2 aliphatic rings.